The molecule has 0 spiro atoms. The molecule has 1 aromatic carbocycles. The van der Waals surface area contributed by atoms with Gasteiger partial charge in [0.25, 0.3) is 5.91 Å². The van der Waals surface area contributed by atoms with Crippen LogP contribution in [0.3, 0.4) is 0 Å². The number of benzene rings is 1. The van der Waals surface area contributed by atoms with Gasteiger partial charge in [0, 0.05) is 12.7 Å². The minimum atomic E-state index is -0.981. The summed E-state index contributed by atoms with van der Waals surface area (Å²) in [6.45, 7) is 5.95. The number of hydrogen-bond acceptors (Lipinski definition) is 3. The normalized spacial score (nSPS) is 13.8. The van der Waals surface area contributed by atoms with Crippen molar-refractivity contribution >= 4 is 11.9 Å². The Labute approximate surface area is 125 Å². The first kappa shape index (κ1) is 17.2. The number of hydrogen-bond donors (Lipinski definition) is 2. The molecule has 5 heteroatoms. The van der Waals surface area contributed by atoms with Gasteiger partial charge in [0.05, 0.1) is 18.6 Å². The van der Waals surface area contributed by atoms with Crippen LogP contribution in [-0.2, 0) is 9.53 Å². The highest BCUT2D eigenvalue weighted by Crippen LogP contribution is 2.16. The summed E-state index contributed by atoms with van der Waals surface area (Å²) in [6.07, 6.45) is -0.198. The molecule has 1 aromatic rings. The molecule has 1 atom stereocenters. The van der Waals surface area contributed by atoms with E-state index in [9.17, 15) is 9.59 Å². The summed E-state index contributed by atoms with van der Waals surface area (Å²) in [6, 6.07) is 7.31. The molecule has 0 saturated carbocycles. The van der Waals surface area contributed by atoms with Gasteiger partial charge in [-0.3, -0.25) is 9.59 Å². The van der Waals surface area contributed by atoms with E-state index >= 15 is 0 Å². The fraction of sp³-hybridized carbons (Fsp3) is 0.500. The van der Waals surface area contributed by atoms with Crippen molar-refractivity contribution in [2.24, 2.45) is 0 Å². The fourth-order valence-corrected chi connectivity index (χ4v) is 2.15. The maximum absolute atomic E-state index is 12.2. The molecule has 1 amide bonds. The molecule has 1 rings (SSSR count). The van der Waals surface area contributed by atoms with E-state index in [1.165, 1.54) is 7.11 Å². The van der Waals surface area contributed by atoms with Crippen LogP contribution in [-0.4, -0.2) is 36.2 Å². The number of carboxylic acids is 1. The molecule has 0 aliphatic heterocycles. The largest absolute Gasteiger partial charge is 0.481 e. The molecule has 0 saturated heterocycles. The van der Waals surface area contributed by atoms with Crippen molar-refractivity contribution in [3.05, 3.63) is 35.4 Å². The minimum Gasteiger partial charge on any atom is -0.481 e. The van der Waals surface area contributed by atoms with Gasteiger partial charge < -0.3 is 15.2 Å². The summed E-state index contributed by atoms with van der Waals surface area (Å²) in [5, 5.41) is 11.7. The average molecular weight is 293 g/mol. The first-order valence-electron chi connectivity index (χ1n) is 6.90. The van der Waals surface area contributed by atoms with E-state index in [1.54, 1.807) is 19.1 Å². The Hall–Kier alpha value is -1.88. The molecule has 0 aromatic heterocycles. The highest BCUT2D eigenvalue weighted by atomic mass is 16.5. The third kappa shape index (κ3) is 5.19. The van der Waals surface area contributed by atoms with Crippen molar-refractivity contribution in [1.29, 1.82) is 0 Å². The zero-order valence-electron chi connectivity index (χ0n) is 13.0. The lowest BCUT2D eigenvalue weighted by molar-refractivity contribution is -0.139. The molecule has 116 valence electrons. The van der Waals surface area contributed by atoms with Gasteiger partial charge in [0.1, 0.15) is 0 Å². The Morgan fingerprint density at radius 3 is 2.29 bits per heavy atom. The first-order chi connectivity index (χ1) is 9.77. The smallest absolute Gasteiger partial charge is 0.305 e. The SMILES string of the molecule is COCC(C)(CC(=O)O)NC(=O)c1ccc(C(C)C)cc1. The van der Waals surface area contributed by atoms with Crippen molar-refractivity contribution < 1.29 is 19.4 Å². The summed E-state index contributed by atoms with van der Waals surface area (Å²) in [7, 11) is 1.48. The zero-order valence-corrected chi connectivity index (χ0v) is 13.0. The van der Waals surface area contributed by atoms with E-state index < -0.39 is 11.5 Å². The van der Waals surface area contributed by atoms with Gasteiger partial charge >= 0.3 is 5.97 Å². The summed E-state index contributed by atoms with van der Waals surface area (Å²) in [5.41, 5.74) is 0.720. The molecule has 21 heavy (non-hydrogen) atoms. The van der Waals surface area contributed by atoms with E-state index in [0.717, 1.165) is 5.56 Å². The quantitative estimate of drug-likeness (QED) is 0.809. The molecular weight excluding hydrogens is 270 g/mol. The Bertz CT molecular complexity index is 496. The van der Waals surface area contributed by atoms with Crippen molar-refractivity contribution in [3.8, 4) is 0 Å². The van der Waals surface area contributed by atoms with Crippen LogP contribution in [0.5, 0.6) is 0 Å². The average Bonchev–Trinajstić information content (AvgIpc) is 2.37. The molecule has 2 N–H and O–H groups in total. The second-order valence-electron chi connectivity index (χ2n) is 5.80. The van der Waals surface area contributed by atoms with E-state index in [0.29, 0.717) is 11.5 Å². The monoisotopic (exact) mass is 293 g/mol. The fourth-order valence-electron chi connectivity index (χ4n) is 2.15. The van der Waals surface area contributed by atoms with E-state index in [-0.39, 0.29) is 18.9 Å². The van der Waals surface area contributed by atoms with Crippen molar-refractivity contribution in [1.82, 2.24) is 5.32 Å². The second kappa shape index (κ2) is 7.22. The Morgan fingerprint density at radius 2 is 1.86 bits per heavy atom. The predicted octanol–water partition coefficient (Wildman–Crippen LogP) is 2.42. The van der Waals surface area contributed by atoms with Crippen LogP contribution in [0, 0.1) is 0 Å². The Morgan fingerprint density at radius 1 is 1.29 bits per heavy atom. The predicted molar refractivity (Wildman–Crippen MR) is 80.5 cm³/mol. The van der Waals surface area contributed by atoms with Gasteiger partial charge in [-0.25, -0.2) is 0 Å². The highest BCUT2D eigenvalue weighted by molar-refractivity contribution is 5.95. The van der Waals surface area contributed by atoms with E-state index in [1.807, 2.05) is 12.1 Å². The molecule has 0 aliphatic carbocycles. The van der Waals surface area contributed by atoms with Crippen LogP contribution in [0.2, 0.25) is 0 Å². The molecule has 0 fully saturated rings. The number of nitrogens with one attached hydrogen (secondary N) is 1. The second-order valence-corrected chi connectivity index (χ2v) is 5.80. The van der Waals surface area contributed by atoms with Gasteiger partial charge in [0.15, 0.2) is 0 Å². The third-order valence-electron chi connectivity index (χ3n) is 3.26. The number of carbonyl (C=O) groups is 2. The molecule has 0 aliphatic rings. The minimum absolute atomic E-state index is 0.134. The summed E-state index contributed by atoms with van der Waals surface area (Å²) < 4.78 is 5.02. The van der Waals surface area contributed by atoms with Crippen LogP contribution in [0.1, 0.15) is 49.0 Å². The number of aliphatic carboxylic acids is 1. The summed E-state index contributed by atoms with van der Waals surface area (Å²) in [4.78, 5) is 23.2. The van der Waals surface area contributed by atoms with Crippen LogP contribution in [0.25, 0.3) is 0 Å². The Kier molecular flexibility index (Phi) is 5.90. The van der Waals surface area contributed by atoms with Crippen molar-refractivity contribution in [2.75, 3.05) is 13.7 Å². The lowest BCUT2D eigenvalue weighted by atomic mass is 9.97. The number of carboxylic acid groups (broad SMARTS) is 1. The summed E-state index contributed by atoms with van der Waals surface area (Å²) >= 11 is 0. The number of amides is 1. The molecule has 1 unspecified atom stereocenters. The van der Waals surface area contributed by atoms with Crippen LogP contribution in [0.4, 0.5) is 0 Å². The number of rotatable bonds is 7. The maximum Gasteiger partial charge on any atom is 0.305 e. The van der Waals surface area contributed by atoms with Gasteiger partial charge in [-0.1, -0.05) is 26.0 Å². The molecular formula is C16H23NO4. The van der Waals surface area contributed by atoms with Gasteiger partial charge in [-0.05, 0) is 30.5 Å². The number of methoxy groups -OCH3 is 1. The lowest BCUT2D eigenvalue weighted by Gasteiger charge is -2.28. The maximum atomic E-state index is 12.2. The van der Waals surface area contributed by atoms with Crippen molar-refractivity contribution in [3.63, 3.8) is 0 Å². The molecule has 5 nitrogen and oxygen atoms in total. The van der Waals surface area contributed by atoms with Crippen LogP contribution >= 0.6 is 0 Å². The van der Waals surface area contributed by atoms with E-state index in [2.05, 4.69) is 19.2 Å². The standard InChI is InChI=1S/C16H23NO4/c1-11(2)12-5-7-13(8-6-12)15(20)17-16(3,10-21-4)9-14(18)19/h5-8,11H,9-10H2,1-4H3,(H,17,20)(H,18,19). The van der Waals surface area contributed by atoms with Gasteiger partial charge in [0.2, 0.25) is 0 Å². The number of ether oxygens (including phenoxy) is 1. The third-order valence-corrected chi connectivity index (χ3v) is 3.26. The van der Waals surface area contributed by atoms with Gasteiger partial charge in [-0.2, -0.15) is 0 Å². The molecule has 0 radical (unpaired) electrons. The van der Waals surface area contributed by atoms with Gasteiger partial charge in [-0.15, -0.1) is 0 Å². The molecule has 0 heterocycles. The highest BCUT2D eigenvalue weighted by Gasteiger charge is 2.29. The number of carbonyl (C=O) groups excluding carboxylic acids is 1. The summed E-state index contributed by atoms with van der Waals surface area (Å²) in [5.74, 6) is -0.885. The van der Waals surface area contributed by atoms with Crippen molar-refractivity contribution in [2.45, 2.75) is 38.6 Å². The first-order valence-corrected chi connectivity index (χ1v) is 6.90. The topological polar surface area (TPSA) is 75.6 Å². The van der Waals surface area contributed by atoms with Crippen LogP contribution < -0.4 is 5.32 Å². The van der Waals surface area contributed by atoms with Crippen LogP contribution in [0.15, 0.2) is 24.3 Å². The molecule has 0 bridgehead atoms. The lowest BCUT2D eigenvalue weighted by Crippen LogP contribution is -2.50. The zero-order chi connectivity index (χ0) is 16.0. The van der Waals surface area contributed by atoms with E-state index in [4.69, 9.17) is 9.84 Å². The Balaban J connectivity index is 2.83.